The second kappa shape index (κ2) is 8.44. The first-order valence-corrected chi connectivity index (χ1v) is 10.4. The summed E-state index contributed by atoms with van der Waals surface area (Å²) in [5, 5.41) is 3.06. The molecule has 2 fully saturated rings. The van der Waals surface area contributed by atoms with Crippen molar-refractivity contribution in [1.29, 1.82) is 0 Å². The van der Waals surface area contributed by atoms with Crippen molar-refractivity contribution < 1.29 is 14.3 Å². The molecular formula is C23H28N4O3. The van der Waals surface area contributed by atoms with Crippen molar-refractivity contribution in [2.24, 2.45) is 5.92 Å². The lowest BCUT2D eigenvalue weighted by atomic mass is 9.74. The van der Waals surface area contributed by atoms with Crippen LogP contribution in [0, 0.1) is 5.92 Å². The first-order valence-electron chi connectivity index (χ1n) is 10.4. The average Bonchev–Trinajstić information content (AvgIpc) is 2.99. The van der Waals surface area contributed by atoms with Crippen molar-refractivity contribution in [3.8, 4) is 5.75 Å². The fourth-order valence-electron chi connectivity index (χ4n) is 4.70. The van der Waals surface area contributed by atoms with E-state index in [4.69, 9.17) is 4.74 Å². The van der Waals surface area contributed by atoms with E-state index in [0.29, 0.717) is 6.42 Å². The highest BCUT2D eigenvalue weighted by Crippen LogP contribution is 2.36. The third-order valence-corrected chi connectivity index (χ3v) is 6.35. The van der Waals surface area contributed by atoms with E-state index in [1.807, 2.05) is 36.5 Å². The number of likely N-dealkylation sites (N-methyl/N-ethyl adjacent to an activating group) is 1. The van der Waals surface area contributed by atoms with Gasteiger partial charge in [0, 0.05) is 32.4 Å². The molecule has 0 radical (unpaired) electrons. The minimum Gasteiger partial charge on any atom is -0.497 e. The third kappa shape index (κ3) is 3.89. The van der Waals surface area contributed by atoms with Gasteiger partial charge in [-0.05, 0) is 61.2 Å². The number of benzene rings is 1. The fourth-order valence-corrected chi connectivity index (χ4v) is 4.70. The molecule has 2 aliphatic rings. The van der Waals surface area contributed by atoms with Crippen molar-refractivity contribution in [1.82, 2.24) is 20.1 Å². The zero-order valence-corrected chi connectivity index (χ0v) is 17.5. The highest BCUT2D eigenvalue weighted by Gasteiger charge is 2.54. The number of carbonyl (C=O) groups excluding carboxylic acids is 2. The van der Waals surface area contributed by atoms with Crippen LogP contribution in [0.25, 0.3) is 0 Å². The molecule has 0 unspecified atom stereocenters. The third-order valence-electron chi connectivity index (χ3n) is 6.35. The summed E-state index contributed by atoms with van der Waals surface area (Å²) in [5.74, 6) is 0.690. The fraction of sp³-hybridized carbons (Fsp3) is 0.435. The van der Waals surface area contributed by atoms with E-state index in [0.717, 1.165) is 43.8 Å². The molecule has 0 saturated carbocycles. The molecule has 3 heterocycles. The number of hydrogen-bond donors (Lipinski definition) is 1. The molecular weight excluding hydrogens is 380 g/mol. The van der Waals surface area contributed by atoms with Crippen LogP contribution < -0.4 is 10.1 Å². The Kier molecular flexibility index (Phi) is 5.72. The van der Waals surface area contributed by atoms with Crippen LogP contribution in [0.1, 0.15) is 24.0 Å². The monoisotopic (exact) mass is 408 g/mol. The molecule has 0 aliphatic carbocycles. The van der Waals surface area contributed by atoms with Crippen LogP contribution in [-0.2, 0) is 17.8 Å². The molecule has 1 aromatic heterocycles. The Morgan fingerprint density at radius 3 is 2.57 bits per heavy atom. The molecule has 0 spiro atoms. The molecule has 1 atom stereocenters. The predicted molar refractivity (Wildman–Crippen MR) is 113 cm³/mol. The van der Waals surface area contributed by atoms with Crippen LogP contribution in [0.15, 0.2) is 48.8 Å². The Labute approximate surface area is 177 Å². The maximum Gasteiger partial charge on any atom is 0.324 e. The van der Waals surface area contributed by atoms with Gasteiger partial charge in [-0.3, -0.25) is 19.6 Å². The van der Waals surface area contributed by atoms with E-state index in [9.17, 15) is 9.59 Å². The van der Waals surface area contributed by atoms with Gasteiger partial charge in [-0.1, -0.05) is 18.2 Å². The Morgan fingerprint density at radius 2 is 1.93 bits per heavy atom. The van der Waals surface area contributed by atoms with Gasteiger partial charge in [0.1, 0.15) is 11.3 Å². The molecule has 4 rings (SSSR count). The van der Waals surface area contributed by atoms with Gasteiger partial charge in [-0.15, -0.1) is 0 Å². The number of rotatable bonds is 6. The number of likely N-dealkylation sites (tertiary alicyclic amines) is 1. The molecule has 2 aromatic rings. The van der Waals surface area contributed by atoms with E-state index in [1.54, 1.807) is 20.4 Å². The number of aromatic nitrogens is 1. The van der Waals surface area contributed by atoms with Gasteiger partial charge in [-0.25, -0.2) is 4.79 Å². The molecule has 1 aromatic carbocycles. The molecule has 7 nitrogen and oxygen atoms in total. The summed E-state index contributed by atoms with van der Waals surface area (Å²) < 4.78 is 5.34. The Hall–Kier alpha value is -2.93. The Bertz CT molecular complexity index is 912. The maximum absolute atomic E-state index is 13.3. The summed E-state index contributed by atoms with van der Waals surface area (Å²) >= 11 is 0. The van der Waals surface area contributed by atoms with Crippen LogP contribution in [0.3, 0.4) is 0 Å². The van der Waals surface area contributed by atoms with E-state index in [2.05, 4.69) is 21.3 Å². The smallest absolute Gasteiger partial charge is 0.324 e. The molecule has 2 saturated heterocycles. The average molecular weight is 409 g/mol. The SMILES string of the molecule is COc1cccc(C[C@@]2(C3CCN(Cc4cccnc4)CC3)NC(=O)N(C)C2=O)c1. The van der Waals surface area contributed by atoms with Crippen molar-refractivity contribution in [3.05, 3.63) is 59.9 Å². The number of nitrogens with one attached hydrogen (secondary N) is 1. The molecule has 0 bridgehead atoms. The van der Waals surface area contributed by atoms with Gasteiger partial charge in [0.2, 0.25) is 0 Å². The predicted octanol–water partition coefficient (Wildman–Crippen LogP) is 2.47. The number of nitrogens with zero attached hydrogens (tertiary/aromatic N) is 3. The number of amides is 3. The van der Waals surface area contributed by atoms with Crippen LogP contribution in [0.4, 0.5) is 4.79 Å². The summed E-state index contributed by atoms with van der Waals surface area (Å²) in [5.41, 5.74) is 1.27. The summed E-state index contributed by atoms with van der Waals surface area (Å²) in [6.45, 7) is 2.61. The van der Waals surface area contributed by atoms with Crippen LogP contribution >= 0.6 is 0 Å². The lowest BCUT2D eigenvalue weighted by Gasteiger charge is -2.41. The van der Waals surface area contributed by atoms with Crippen molar-refractivity contribution >= 4 is 11.9 Å². The van der Waals surface area contributed by atoms with Gasteiger partial charge < -0.3 is 10.1 Å². The highest BCUT2D eigenvalue weighted by molar-refractivity contribution is 6.07. The topological polar surface area (TPSA) is 74.8 Å². The van der Waals surface area contributed by atoms with Gasteiger partial charge in [0.25, 0.3) is 5.91 Å². The Balaban J connectivity index is 1.52. The summed E-state index contributed by atoms with van der Waals surface area (Å²) in [7, 11) is 3.19. The van der Waals surface area contributed by atoms with E-state index in [-0.39, 0.29) is 17.9 Å². The van der Waals surface area contributed by atoms with Gasteiger partial charge >= 0.3 is 6.03 Å². The number of piperidine rings is 1. The zero-order valence-electron chi connectivity index (χ0n) is 17.5. The normalized spacial score (nSPS) is 22.9. The molecule has 1 N–H and O–H groups in total. The lowest BCUT2D eigenvalue weighted by molar-refractivity contribution is -0.133. The van der Waals surface area contributed by atoms with E-state index in [1.165, 1.54) is 10.5 Å². The standard InChI is InChI=1S/C23H28N4O3/c1-26-21(28)23(25-22(26)29,14-17-5-3-7-20(13-17)30-2)19-8-11-27(12-9-19)16-18-6-4-10-24-15-18/h3-7,10,13,15,19H,8-9,11-12,14,16H2,1-2H3,(H,25,29)/t23-/m0/s1. The number of urea groups is 1. The quantitative estimate of drug-likeness (QED) is 0.744. The second-order valence-electron chi connectivity index (χ2n) is 8.21. The van der Waals surface area contributed by atoms with Gasteiger partial charge in [-0.2, -0.15) is 0 Å². The van der Waals surface area contributed by atoms with Gasteiger partial charge in [0.05, 0.1) is 7.11 Å². The largest absolute Gasteiger partial charge is 0.497 e. The van der Waals surface area contributed by atoms with Crippen LogP contribution in [0.5, 0.6) is 5.75 Å². The van der Waals surface area contributed by atoms with E-state index >= 15 is 0 Å². The zero-order chi connectivity index (χ0) is 21.1. The minimum atomic E-state index is -0.904. The highest BCUT2D eigenvalue weighted by atomic mass is 16.5. The molecule has 158 valence electrons. The minimum absolute atomic E-state index is 0.0789. The summed E-state index contributed by atoms with van der Waals surface area (Å²) in [6, 6.07) is 11.4. The second-order valence-corrected chi connectivity index (χ2v) is 8.21. The molecule has 3 amide bonds. The molecule has 30 heavy (non-hydrogen) atoms. The summed E-state index contributed by atoms with van der Waals surface area (Å²) in [6.07, 6.45) is 5.84. The number of carbonyl (C=O) groups is 2. The number of pyridine rings is 1. The summed E-state index contributed by atoms with van der Waals surface area (Å²) in [4.78, 5) is 33.5. The van der Waals surface area contributed by atoms with E-state index < -0.39 is 5.54 Å². The molecule has 7 heteroatoms. The first kappa shape index (κ1) is 20.3. The lowest BCUT2D eigenvalue weighted by Crippen LogP contribution is -2.57. The number of ether oxygens (including phenoxy) is 1. The van der Waals surface area contributed by atoms with Crippen molar-refractivity contribution in [3.63, 3.8) is 0 Å². The van der Waals surface area contributed by atoms with Crippen molar-refractivity contribution in [2.45, 2.75) is 31.3 Å². The van der Waals surface area contributed by atoms with Crippen LogP contribution in [0.2, 0.25) is 0 Å². The number of methoxy groups -OCH3 is 1. The van der Waals surface area contributed by atoms with Crippen LogP contribution in [-0.4, -0.2) is 59.5 Å². The Morgan fingerprint density at radius 1 is 1.17 bits per heavy atom. The van der Waals surface area contributed by atoms with Crippen molar-refractivity contribution in [2.75, 3.05) is 27.2 Å². The number of imide groups is 1. The molecule has 2 aliphatic heterocycles. The van der Waals surface area contributed by atoms with Gasteiger partial charge in [0.15, 0.2) is 0 Å². The number of hydrogen-bond acceptors (Lipinski definition) is 5. The maximum atomic E-state index is 13.3. The first-order chi connectivity index (χ1) is 14.5.